The van der Waals surface area contributed by atoms with Gasteiger partial charge in [0, 0.05) is 31.3 Å². The number of carbonyl (C=O) groups excluding carboxylic acids is 1. The minimum absolute atomic E-state index is 0.0386. The number of nitrogens with one attached hydrogen (secondary N) is 2. The van der Waals surface area contributed by atoms with Gasteiger partial charge in [0.1, 0.15) is 5.69 Å². The molecule has 3 aromatic rings. The molecule has 0 aliphatic rings. The maximum Gasteiger partial charge on any atom is 0.239 e. The first kappa shape index (κ1) is 25.0. The Morgan fingerprint density at radius 2 is 1.94 bits per heavy atom. The zero-order valence-electron chi connectivity index (χ0n) is 20.7. The third kappa shape index (κ3) is 6.91. The van der Waals surface area contributed by atoms with Crippen molar-refractivity contribution in [2.24, 2.45) is 0 Å². The van der Waals surface area contributed by atoms with E-state index >= 15 is 0 Å². The number of ether oxygens (including phenoxy) is 1. The van der Waals surface area contributed by atoms with Crippen LogP contribution in [0.1, 0.15) is 46.6 Å². The molecule has 0 unspecified atom stereocenters. The molecule has 33 heavy (non-hydrogen) atoms. The molecule has 180 valence electrons. The molecular weight excluding hydrogens is 436 g/mol. The number of hydrogen-bond acceptors (Lipinski definition) is 7. The molecule has 1 amide bonds. The number of nitrogens with zero attached hydrogens (tertiary/aromatic N) is 4. The molecule has 9 heteroatoms. The number of likely N-dealkylation sites (N-methyl/N-ethyl adjacent to an activating group) is 1. The van der Waals surface area contributed by atoms with Crippen LogP contribution in [0.4, 0.5) is 10.9 Å². The van der Waals surface area contributed by atoms with Crippen molar-refractivity contribution in [3.05, 3.63) is 29.8 Å². The number of imidazole rings is 1. The van der Waals surface area contributed by atoms with E-state index in [9.17, 15) is 4.79 Å². The van der Waals surface area contributed by atoms with Gasteiger partial charge in [-0.2, -0.15) is 4.52 Å². The van der Waals surface area contributed by atoms with Crippen LogP contribution in [0, 0.1) is 6.92 Å². The lowest BCUT2D eigenvalue weighted by Crippen LogP contribution is -2.36. The second-order valence-electron chi connectivity index (χ2n) is 9.61. The van der Waals surface area contributed by atoms with Gasteiger partial charge in [-0.05, 0) is 48.0 Å². The summed E-state index contributed by atoms with van der Waals surface area (Å²) >= 11 is 1.47. The number of carbonyl (C=O) groups is 1. The Balaban J connectivity index is 1.74. The van der Waals surface area contributed by atoms with Crippen LogP contribution >= 0.6 is 11.3 Å². The van der Waals surface area contributed by atoms with E-state index in [2.05, 4.69) is 62.6 Å². The maximum absolute atomic E-state index is 12.3. The summed E-state index contributed by atoms with van der Waals surface area (Å²) in [6.45, 7) is 13.9. The summed E-state index contributed by atoms with van der Waals surface area (Å²) in [5, 5.41) is 12.0. The lowest BCUT2D eigenvalue weighted by molar-refractivity contribution is -0.119. The van der Waals surface area contributed by atoms with E-state index < -0.39 is 0 Å². The summed E-state index contributed by atoms with van der Waals surface area (Å²) in [5.41, 5.74) is 2.96. The molecule has 0 radical (unpaired) electrons. The molecule has 0 atom stereocenters. The van der Waals surface area contributed by atoms with Gasteiger partial charge in [0.25, 0.3) is 0 Å². The number of anilines is 2. The van der Waals surface area contributed by atoms with Gasteiger partial charge in [0.2, 0.25) is 16.0 Å². The standard InChI is InChI=1S/C24H36N6O2S/c1-16(2)32-14-8-13-25-19(31)15-29(7)23-28-30-21(27-24(4,5)6)20(26-22(30)33-23)18-11-9-17(3)10-12-18/h9-12,16,27H,8,13-15H2,1-7H3,(H,25,31). The van der Waals surface area contributed by atoms with Gasteiger partial charge in [0.05, 0.1) is 12.6 Å². The van der Waals surface area contributed by atoms with Crippen LogP contribution in [-0.4, -0.2) is 58.9 Å². The predicted molar refractivity (Wildman–Crippen MR) is 136 cm³/mol. The van der Waals surface area contributed by atoms with E-state index in [1.54, 1.807) is 0 Å². The summed E-state index contributed by atoms with van der Waals surface area (Å²) in [6, 6.07) is 8.34. The van der Waals surface area contributed by atoms with Gasteiger partial charge in [-0.25, -0.2) is 4.98 Å². The molecule has 0 spiro atoms. The molecule has 1 aromatic carbocycles. The van der Waals surface area contributed by atoms with Crippen molar-refractivity contribution in [1.29, 1.82) is 0 Å². The first-order valence-corrected chi connectivity index (χ1v) is 12.2. The van der Waals surface area contributed by atoms with Crippen LogP contribution in [0.3, 0.4) is 0 Å². The highest BCUT2D eigenvalue weighted by Crippen LogP contribution is 2.34. The maximum atomic E-state index is 12.3. The van der Waals surface area contributed by atoms with Gasteiger partial charge in [-0.15, -0.1) is 5.10 Å². The van der Waals surface area contributed by atoms with E-state index in [-0.39, 0.29) is 24.1 Å². The van der Waals surface area contributed by atoms with Crippen molar-refractivity contribution >= 4 is 33.2 Å². The number of amides is 1. The lowest BCUT2D eigenvalue weighted by Gasteiger charge is -2.22. The summed E-state index contributed by atoms with van der Waals surface area (Å²) in [4.78, 5) is 19.9. The fourth-order valence-corrected chi connectivity index (χ4v) is 4.09. The van der Waals surface area contributed by atoms with Gasteiger partial charge < -0.3 is 20.3 Å². The highest BCUT2D eigenvalue weighted by atomic mass is 32.1. The normalized spacial score (nSPS) is 11.9. The Kier molecular flexibility index (Phi) is 7.97. The molecule has 2 heterocycles. The monoisotopic (exact) mass is 472 g/mol. The first-order chi connectivity index (χ1) is 15.5. The van der Waals surface area contributed by atoms with Crippen LogP contribution in [0.5, 0.6) is 0 Å². The minimum Gasteiger partial charge on any atom is -0.379 e. The predicted octanol–water partition coefficient (Wildman–Crippen LogP) is 4.34. The molecule has 2 aromatic heterocycles. The minimum atomic E-state index is -0.162. The highest BCUT2D eigenvalue weighted by molar-refractivity contribution is 7.20. The molecule has 8 nitrogen and oxygen atoms in total. The van der Waals surface area contributed by atoms with E-state index in [1.807, 2.05) is 30.3 Å². The smallest absolute Gasteiger partial charge is 0.239 e. The summed E-state index contributed by atoms with van der Waals surface area (Å²) in [7, 11) is 1.87. The number of benzene rings is 1. The van der Waals surface area contributed by atoms with Gasteiger partial charge in [0.15, 0.2) is 5.82 Å². The van der Waals surface area contributed by atoms with Crippen LogP contribution < -0.4 is 15.5 Å². The second kappa shape index (κ2) is 10.5. The van der Waals surface area contributed by atoms with E-state index in [0.29, 0.717) is 13.2 Å². The Labute approximate surface area is 200 Å². The van der Waals surface area contributed by atoms with Crippen molar-refractivity contribution in [3.8, 4) is 11.3 Å². The number of fused-ring (bicyclic) bond motifs is 1. The Morgan fingerprint density at radius 3 is 2.58 bits per heavy atom. The van der Waals surface area contributed by atoms with E-state index in [4.69, 9.17) is 14.8 Å². The zero-order chi connectivity index (χ0) is 24.2. The molecule has 0 aliphatic heterocycles. The average molecular weight is 473 g/mol. The quantitative estimate of drug-likeness (QED) is 0.427. The van der Waals surface area contributed by atoms with Gasteiger partial charge >= 0.3 is 0 Å². The Morgan fingerprint density at radius 1 is 1.24 bits per heavy atom. The van der Waals surface area contributed by atoms with Crippen molar-refractivity contribution in [2.45, 2.75) is 59.6 Å². The van der Waals surface area contributed by atoms with Gasteiger partial charge in [-0.3, -0.25) is 4.79 Å². The number of aryl methyl sites for hydroxylation is 1. The van der Waals surface area contributed by atoms with Crippen molar-refractivity contribution in [1.82, 2.24) is 19.9 Å². The Hall–Kier alpha value is -2.65. The summed E-state index contributed by atoms with van der Waals surface area (Å²) in [6.07, 6.45) is 1.00. The van der Waals surface area contributed by atoms with Crippen LogP contribution in [0.15, 0.2) is 24.3 Å². The third-order valence-electron chi connectivity index (χ3n) is 4.81. The lowest BCUT2D eigenvalue weighted by atomic mass is 10.1. The fourth-order valence-electron chi connectivity index (χ4n) is 3.23. The summed E-state index contributed by atoms with van der Waals surface area (Å²) < 4.78 is 7.35. The van der Waals surface area contributed by atoms with Crippen molar-refractivity contribution < 1.29 is 9.53 Å². The second-order valence-corrected chi connectivity index (χ2v) is 10.5. The molecule has 3 rings (SSSR count). The largest absolute Gasteiger partial charge is 0.379 e. The van der Waals surface area contributed by atoms with Crippen LogP contribution in [0.2, 0.25) is 0 Å². The third-order valence-corrected chi connectivity index (χ3v) is 5.84. The number of aromatic nitrogens is 3. The highest BCUT2D eigenvalue weighted by Gasteiger charge is 2.23. The van der Waals surface area contributed by atoms with Crippen molar-refractivity contribution in [2.75, 3.05) is 37.0 Å². The number of rotatable bonds is 10. The molecule has 2 N–H and O–H groups in total. The fraction of sp³-hybridized carbons (Fsp3) is 0.542. The van der Waals surface area contributed by atoms with E-state index in [1.165, 1.54) is 16.9 Å². The first-order valence-electron chi connectivity index (χ1n) is 11.4. The van der Waals surface area contributed by atoms with Crippen LogP contribution in [-0.2, 0) is 9.53 Å². The molecule has 0 saturated carbocycles. The zero-order valence-corrected chi connectivity index (χ0v) is 21.5. The summed E-state index contributed by atoms with van der Waals surface area (Å²) in [5.74, 6) is 0.815. The van der Waals surface area contributed by atoms with Crippen molar-refractivity contribution in [3.63, 3.8) is 0 Å². The van der Waals surface area contributed by atoms with E-state index in [0.717, 1.165) is 33.6 Å². The SMILES string of the molecule is Cc1ccc(-c2nc3sc(N(C)CC(=O)NCCCOC(C)C)nn3c2NC(C)(C)C)cc1. The molecule has 0 fully saturated rings. The molecule has 0 aliphatic carbocycles. The molecule has 0 bridgehead atoms. The molecular formula is C24H36N6O2S. The molecule has 0 saturated heterocycles. The van der Waals surface area contributed by atoms with Gasteiger partial charge in [-0.1, -0.05) is 41.2 Å². The van der Waals surface area contributed by atoms with Crippen LogP contribution in [0.25, 0.3) is 16.2 Å². The number of hydrogen-bond donors (Lipinski definition) is 2. The Bertz CT molecular complexity index is 1070. The topological polar surface area (TPSA) is 83.8 Å². The average Bonchev–Trinajstić information content (AvgIpc) is 3.26.